The topological polar surface area (TPSA) is 33.3 Å². The Labute approximate surface area is 105 Å². The van der Waals surface area contributed by atoms with Crippen molar-refractivity contribution >= 4 is 0 Å². The van der Waals surface area contributed by atoms with Crippen molar-refractivity contribution in [1.29, 1.82) is 0 Å². The van der Waals surface area contributed by atoms with E-state index in [9.17, 15) is 0 Å². The molecular weight excluding hydrogens is 212 g/mol. The van der Waals surface area contributed by atoms with Crippen LogP contribution < -0.4 is 10.6 Å². The Balaban J connectivity index is 2.38. The maximum atomic E-state index is 5.51. The molecule has 0 aliphatic heterocycles. The second-order valence-electron chi connectivity index (χ2n) is 4.25. The summed E-state index contributed by atoms with van der Waals surface area (Å²) in [5.74, 6) is 0. The second-order valence-corrected chi connectivity index (χ2v) is 4.25. The van der Waals surface area contributed by atoms with Crippen molar-refractivity contribution < 1.29 is 4.74 Å². The molecule has 0 fully saturated rings. The highest BCUT2D eigenvalue weighted by molar-refractivity contribution is 5.17. The molecule has 1 rings (SSSR count). The first-order chi connectivity index (χ1) is 8.27. The number of rotatable bonds is 8. The van der Waals surface area contributed by atoms with E-state index in [1.54, 1.807) is 7.11 Å². The van der Waals surface area contributed by atoms with Gasteiger partial charge < -0.3 is 15.4 Å². The molecule has 0 saturated carbocycles. The molecule has 0 aliphatic carbocycles. The van der Waals surface area contributed by atoms with Crippen molar-refractivity contribution in [2.24, 2.45) is 0 Å². The van der Waals surface area contributed by atoms with Crippen LogP contribution in [0.5, 0.6) is 0 Å². The first kappa shape index (κ1) is 14.2. The fraction of sp³-hybridized carbons (Fsp3) is 0.571. The number of methoxy groups -OCH3 is 1. The fourth-order valence-corrected chi connectivity index (χ4v) is 1.75. The average Bonchev–Trinajstić information content (AvgIpc) is 2.38. The molecule has 3 nitrogen and oxygen atoms in total. The van der Waals surface area contributed by atoms with E-state index in [0.29, 0.717) is 6.04 Å². The molecule has 1 aromatic rings. The molecule has 0 spiro atoms. The van der Waals surface area contributed by atoms with Gasteiger partial charge in [0, 0.05) is 26.2 Å². The van der Waals surface area contributed by atoms with Crippen LogP contribution in [0.4, 0.5) is 0 Å². The van der Waals surface area contributed by atoms with Crippen molar-refractivity contribution in [3.05, 3.63) is 35.9 Å². The summed E-state index contributed by atoms with van der Waals surface area (Å²) < 4.78 is 5.51. The Morgan fingerprint density at radius 2 is 1.88 bits per heavy atom. The molecule has 3 heteroatoms. The molecule has 0 aliphatic rings. The summed E-state index contributed by atoms with van der Waals surface area (Å²) in [5.41, 5.74) is 1.22. The second kappa shape index (κ2) is 8.23. The minimum absolute atomic E-state index is 0.125. The lowest BCUT2D eigenvalue weighted by molar-refractivity contribution is 0.0999. The number of ether oxygens (including phenoxy) is 1. The lowest BCUT2D eigenvalue weighted by Gasteiger charge is -2.20. The number of hydrogen-bond acceptors (Lipinski definition) is 3. The minimum Gasteiger partial charge on any atom is -0.375 e. The summed E-state index contributed by atoms with van der Waals surface area (Å²) in [6.07, 6.45) is 0.125. The van der Waals surface area contributed by atoms with Crippen molar-refractivity contribution in [3.63, 3.8) is 0 Å². The molecule has 2 N–H and O–H groups in total. The Hall–Kier alpha value is -0.900. The van der Waals surface area contributed by atoms with Gasteiger partial charge in [-0.1, -0.05) is 37.3 Å². The molecule has 0 heterocycles. The monoisotopic (exact) mass is 236 g/mol. The third-order valence-electron chi connectivity index (χ3n) is 2.81. The molecule has 0 amide bonds. The van der Waals surface area contributed by atoms with Gasteiger partial charge in [0.1, 0.15) is 0 Å². The van der Waals surface area contributed by atoms with E-state index in [1.807, 2.05) is 18.2 Å². The molecule has 0 aromatic heterocycles. The maximum absolute atomic E-state index is 5.51. The van der Waals surface area contributed by atoms with Gasteiger partial charge in [0.15, 0.2) is 0 Å². The van der Waals surface area contributed by atoms with Crippen molar-refractivity contribution in [2.75, 3.05) is 26.7 Å². The Kier molecular flexibility index (Phi) is 6.86. The third kappa shape index (κ3) is 5.31. The minimum atomic E-state index is 0.125. The van der Waals surface area contributed by atoms with Gasteiger partial charge in [-0.05, 0) is 19.0 Å². The molecule has 0 bridgehead atoms. The van der Waals surface area contributed by atoms with E-state index in [4.69, 9.17) is 4.74 Å². The standard InChI is InChI=1S/C14H24N2O/c1-4-15-10-12(2)16-11-14(17-3)13-8-6-5-7-9-13/h5-9,12,14-16H,4,10-11H2,1-3H3. The smallest absolute Gasteiger partial charge is 0.0945 e. The van der Waals surface area contributed by atoms with Gasteiger partial charge in [-0.25, -0.2) is 0 Å². The molecule has 96 valence electrons. The van der Waals surface area contributed by atoms with E-state index >= 15 is 0 Å². The Morgan fingerprint density at radius 1 is 1.18 bits per heavy atom. The Morgan fingerprint density at radius 3 is 2.47 bits per heavy atom. The lowest BCUT2D eigenvalue weighted by atomic mass is 10.1. The summed E-state index contributed by atoms with van der Waals surface area (Å²) >= 11 is 0. The highest BCUT2D eigenvalue weighted by Gasteiger charge is 2.10. The highest BCUT2D eigenvalue weighted by Crippen LogP contribution is 2.14. The highest BCUT2D eigenvalue weighted by atomic mass is 16.5. The van der Waals surface area contributed by atoms with Crippen LogP contribution in [0.1, 0.15) is 25.5 Å². The van der Waals surface area contributed by atoms with Gasteiger partial charge in [0.05, 0.1) is 6.10 Å². The molecule has 0 saturated heterocycles. The zero-order valence-electron chi connectivity index (χ0n) is 11.1. The number of likely N-dealkylation sites (N-methyl/N-ethyl adjacent to an activating group) is 1. The largest absolute Gasteiger partial charge is 0.375 e. The van der Waals surface area contributed by atoms with Crippen LogP contribution in [0.25, 0.3) is 0 Å². The van der Waals surface area contributed by atoms with Crippen LogP contribution in [0.2, 0.25) is 0 Å². The molecule has 2 unspecified atom stereocenters. The predicted molar refractivity (Wildman–Crippen MR) is 72.2 cm³/mol. The van der Waals surface area contributed by atoms with Crippen molar-refractivity contribution in [2.45, 2.75) is 26.0 Å². The molecule has 17 heavy (non-hydrogen) atoms. The summed E-state index contributed by atoms with van der Waals surface area (Å²) in [5, 5.41) is 6.81. The quantitative estimate of drug-likeness (QED) is 0.724. The predicted octanol–water partition coefficient (Wildman–Crippen LogP) is 1.96. The third-order valence-corrected chi connectivity index (χ3v) is 2.81. The maximum Gasteiger partial charge on any atom is 0.0945 e. The number of hydrogen-bond donors (Lipinski definition) is 2. The fourth-order valence-electron chi connectivity index (χ4n) is 1.75. The van der Waals surface area contributed by atoms with E-state index < -0.39 is 0 Å². The first-order valence-corrected chi connectivity index (χ1v) is 6.29. The van der Waals surface area contributed by atoms with Crippen LogP contribution in [0.15, 0.2) is 30.3 Å². The van der Waals surface area contributed by atoms with Crippen LogP contribution >= 0.6 is 0 Å². The summed E-state index contributed by atoms with van der Waals surface area (Å²) in [4.78, 5) is 0. The van der Waals surface area contributed by atoms with E-state index in [-0.39, 0.29) is 6.10 Å². The van der Waals surface area contributed by atoms with E-state index in [0.717, 1.165) is 19.6 Å². The average molecular weight is 236 g/mol. The number of nitrogens with one attached hydrogen (secondary N) is 2. The van der Waals surface area contributed by atoms with Gasteiger partial charge in [0.2, 0.25) is 0 Å². The zero-order chi connectivity index (χ0) is 12.5. The SMILES string of the molecule is CCNCC(C)NCC(OC)c1ccccc1. The molecule has 0 radical (unpaired) electrons. The van der Waals surface area contributed by atoms with Gasteiger partial charge >= 0.3 is 0 Å². The van der Waals surface area contributed by atoms with Crippen LogP contribution in [0.3, 0.4) is 0 Å². The van der Waals surface area contributed by atoms with Crippen LogP contribution in [-0.2, 0) is 4.74 Å². The van der Waals surface area contributed by atoms with E-state index in [1.165, 1.54) is 5.56 Å². The first-order valence-electron chi connectivity index (χ1n) is 6.29. The summed E-state index contributed by atoms with van der Waals surface area (Å²) in [6.45, 7) is 7.14. The van der Waals surface area contributed by atoms with E-state index in [2.05, 4.69) is 36.6 Å². The van der Waals surface area contributed by atoms with Crippen LogP contribution in [-0.4, -0.2) is 32.8 Å². The van der Waals surface area contributed by atoms with Gasteiger partial charge in [0.25, 0.3) is 0 Å². The van der Waals surface area contributed by atoms with Gasteiger partial charge in [-0.15, -0.1) is 0 Å². The molecule has 1 aromatic carbocycles. The summed E-state index contributed by atoms with van der Waals surface area (Å²) in [6, 6.07) is 10.8. The molecule has 2 atom stereocenters. The van der Waals surface area contributed by atoms with Crippen LogP contribution in [0, 0.1) is 0 Å². The zero-order valence-corrected chi connectivity index (χ0v) is 11.1. The van der Waals surface area contributed by atoms with Gasteiger partial charge in [-0.3, -0.25) is 0 Å². The summed E-state index contributed by atoms with van der Waals surface area (Å²) in [7, 11) is 1.76. The van der Waals surface area contributed by atoms with Gasteiger partial charge in [-0.2, -0.15) is 0 Å². The Bertz CT molecular complexity index is 290. The number of benzene rings is 1. The lowest BCUT2D eigenvalue weighted by Crippen LogP contribution is -2.38. The normalized spacial score (nSPS) is 14.5. The van der Waals surface area contributed by atoms with Crippen molar-refractivity contribution in [3.8, 4) is 0 Å². The molecular formula is C14H24N2O. The van der Waals surface area contributed by atoms with Crippen molar-refractivity contribution in [1.82, 2.24) is 10.6 Å².